The Balaban J connectivity index is 1.12. The smallest absolute Gasteiger partial charge is 0.159 e. The maximum Gasteiger partial charge on any atom is 0.159 e. The van der Waals surface area contributed by atoms with Crippen molar-refractivity contribution in [1.82, 2.24) is 0 Å². The molecule has 13 rings (SSSR count). The Labute approximate surface area is 344 Å². The first kappa shape index (κ1) is 32.9. The van der Waals surface area contributed by atoms with Gasteiger partial charge >= 0.3 is 0 Å². The molecule has 0 spiro atoms. The molecule has 0 unspecified atom stereocenters. The standard InChI is InChI=1S/C55H35NO2S/c1-55(2)44-23-8-5-16-35(44)36-29-28-33(31-45(36)55)56(46-24-12-19-39-37-17-6-9-26-48(37)57-51(39)46)47-25-13-20-40-43-30-32-14-3-4-15-34(32)50(53(43)58-52(40)47)42-22-11-21-41-38-18-7-10-27-49(38)59-54(41)42/h3-31H,1-2H3. The average Bonchev–Trinajstić information content (AvgIpc) is 4.02. The van der Waals surface area contributed by atoms with E-state index in [1.54, 1.807) is 0 Å². The molecule has 0 fully saturated rings. The van der Waals surface area contributed by atoms with Crippen molar-refractivity contribution in [3.63, 3.8) is 0 Å². The molecule has 0 atom stereocenters. The lowest BCUT2D eigenvalue weighted by Gasteiger charge is -2.28. The number of rotatable bonds is 4. The molecule has 1 aliphatic carbocycles. The molecule has 278 valence electrons. The number of anilines is 3. The highest BCUT2D eigenvalue weighted by atomic mass is 32.1. The third kappa shape index (κ3) is 4.52. The molecule has 59 heavy (non-hydrogen) atoms. The van der Waals surface area contributed by atoms with Gasteiger partial charge in [0.25, 0.3) is 0 Å². The molecule has 0 saturated heterocycles. The molecular formula is C55H35NO2S. The highest BCUT2D eigenvalue weighted by Gasteiger charge is 2.36. The van der Waals surface area contributed by atoms with Gasteiger partial charge in [-0.05, 0) is 75.5 Å². The first-order valence-electron chi connectivity index (χ1n) is 20.3. The number of nitrogens with zero attached hydrogens (tertiary/aromatic N) is 1. The first-order chi connectivity index (χ1) is 29.0. The van der Waals surface area contributed by atoms with E-state index >= 15 is 0 Å². The number of furan rings is 2. The van der Waals surface area contributed by atoms with Gasteiger partial charge < -0.3 is 13.7 Å². The highest BCUT2D eigenvalue weighted by Crippen LogP contribution is 2.53. The summed E-state index contributed by atoms with van der Waals surface area (Å²) in [5, 5.41) is 9.27. The van der Waals surface area contributed by atoms with E-state index in [0.717, 1.165) is 66.5 Å². The first-order valence-corrected chi connectivity index (χ1v) is 21.1. The van der Waals surface area contributed by atoms with Gasteiger partial charge in [0.15, 0.2) is 11.2 Å². The van der Waals surface area contributed by atoms with E-state index in [-0.39, 0.29) is 5.41 Å². The molecule has 3 aromatic heterocycles. The van der Waals surface area contributed by atoms with Crippen molar-refractivity contribution in [2.75, 3.05) is 4.90 Å². The lowest BCUT2D eigenvalue weighted by Crippen LogP contribution is -2.16. The van der Waals surface area contributed by atoms with Gasteiger partial charge in [-0.3, -0.25) is 0 Å². The van der Waals surface area contributed by atoms with Crippen LogP contribution in [0.5, 0.6) is 0 Å². The zero-order valence-electron chi connectivity index (χ0n) is 32.4. The number of thiophene rings is 1. The number of hydrogen-bond acceptors (Lipinski definition) is 4. The summed E-state index contributed by atoms with van der Waals surface area (Å²) in [5.74, 6) is 0. The number of hydrogen-bond donors (Lipinski definition) is 0. The van der Waals surface area contributed by atoms with Crippen molar-refractivity contribution < 1.29 is 8.83 Å². The second-order valence-electron chi connectivity index (χ2n) is 16.4. The molecule has 0 radical (unpaired) electrons. The Morgan fingerprint density at radius 2 is 1.07 bits per heavy atom. The number of para-hydroxylation sites is 3. The Kier molecular flexibility index (Phi) is 6.66. The van der Waals surface area contributed by atoms with Crippen LogP contribution in [-0.2, 0) is 5.41 Å². The van der Waals surface area contributed by atoms with Crippen molar-refractivity contribution in [1.29, 1.82) is 0 Å². The molecule has 0 N–H and O–H groups in total. The van der Waals surface area contributed by atoms with E-state index in [1.807, 2.05) is 17.4 Å². The monoisotopic (exact) mass is 773 g/mol. The third-order valence-electron chi connectivity index (χ3n) is 12.9. The molecule has 0 amide bonds. The van der Waals surface area contributed by atoms with Crippen molar-refractivity contribution >= 4 is 103 Å². The van der Waals surface area contributed by atoms with E-state index in [1.165, 1.54) is 58.8 Å². The maximum absolute atomic E-state index is 7.41. The lowest BCUT2D eigenvalue weighted by atomic mass is 9.82. The number of fused-ring (bicyclic) bond motifs is 13. The highest BCUT2D eigenvalue weighted by molar-refractivity contribution is 7.26. The van der Waals surface area contributed by atoms with Crippen LogP contribution in [0.15, 0.2) is 185 Å². The van der Waals surface area contributed by atoms with Gasteiger partial charge in [0.1, 0.15) is 11.2 Å². The average molecular weight is 774 g/mol. The summed E-state index contributed by atoms with van der Waals surface area (Å²) in [6.07, 6.45) is 0. The van der Waals surface area contributed by atoms with Crippen LogP contribution in [0, 0.1) is 0 Å². The Bertz CT molecular complexity index is 3730. The molecule has 0 aliphatic heterocycles. The summed E-state index contributed by atoms with van der Waals surface area (Å²) in [7, 11) is 0. The van der Waals surface area contributed by atoms with Crippen LogP contribution in [0.1, 0.15) is 25.0 Å². The Morgan fingerprint density at radius 1 is 0.441 bits per heavy atom. The summed E-state index contributed by atoms with van der Waals surface area (Å²) >= 11 is 1.86. The minimum absolute atomic E-state index is 0.174. The quantitative estimate of drug-likeness (QED) is 0.178. The fourth-order valence-electron chi connectivity index (χ4n) is 10.1. The summed E-state index contributed by atoms with van der Waals surface area (Å²) < 4.78 is 16.8. The van der Waals surface area contributed by atoms with Gasteiger partial charge in [0.2, 0.25) is 0 Å². The van der Waals surface area contributed by atoms with Crippen LogP contribution in [0.4, 0.5) is 17.1 Å². The Morgan fingerprint density at radius 3 is 1.93 bits per heavy atom. The van der Waals surface area contributed by atoms with E-state index in [9.17, 15) is 0 Å². The van der Waals surface area contributed by atoms with E-state index in [2.05, 4.69) is 189 Å². The van der Waals surface area contributed by atoms with Gasteiger partial charge in [-0.25, -0.2) is 0 Å². The predicted octanol–water partition coefficient (Wildman–Crippen LogP) is 16.4. The largest absolute Gasteiger partial charge is 0.454 e. The Hall–Kier alpha value is -7.14. The van der Waals surface area contributed by atoms with E-state index in [4.69, 9.17) is 8.83 Å². The van der Waals surface area contributed by atoms with Gasteiger partial charge in [0.05, 0.1) is 11.4 Å². The molecular weight excluding hydrogens is 739 g/mol. The van der Waals surface area contributed by atoms with Crippen LogP contribution in [0.25, 0.3) is 97.1 Å². The SMILES string of the molecule is CC1(C)c2ccccc2-c2ccc(N(c3cccc4c3oc3ccccc34)c3cccc4c3oc3c(-c5cccc6c5sc5ccccc56)c5ccccc5cc34)cc21. The molecule has 3 nitrogen and oxygen atoms in total. The minimum atomic E-state index is -0.174. The zero-order valence-corrected chi connectivity index (χ0v) is 33.2. The summed E-state index contributed by atoms with van der Waals surface area (Å²) in [6, 6.07) is 63.7. The molecule has 3 heterocycles. The van der Waals surface area contributed by atoms with Crippen LogP contribution in [-0.4, -0.2) is 0 Å². The predicted molar refractivity (Wildman–Crippen MR) is 249 cm³/mol. The molecule has 12 aromatic rings. The van der Waals surface area contributed by atoms with Crippen molar-refractivity contribution in [3.05, 3.63) is 187 Å². The minimum Gasteiger partial charge on any atom is -0.454 e. The zero-order chi connectivity index (χ0) is 39.0. The molecule has 0 bridgehead atoms. The van der Waals surface area contributed by atoms with Crippen LogP contribution in [0.3, 0.4) is 0 Å². The molecule has 9 aromatic carbocycles. The number of benzene rings is 9. The van der Waals surface area contributed by atoms with Crippen LogP contribution >= 0.6 is 11.3 Å². The summed E-state index contributed by atoms with van der Waals surface area (Å²) in [5.41, 5.74) is 13.8. The van der Waals surface area contributed by atoms with Gasteiger partial charge in [-0.1, -0.05) is 147 Å². The molecule has 4 heteroatoms. The van der Waals surface area contributed by atoms with E-state index in [0.29, 0.717) is 0 Å². The van der Waals surface area contributed by atoms with Gasteiger partial charge in [-0.2, -0.15) is 0 Å². The van der Waals surface area contributed by atoms with Crippen LogP contribution < -0.4 is 4.90 Å². The maximum atomic E-state index is 7.41. The second kappa shape index (κ2) is 12.0. The van der Waals surface area contributed by atoms with Crippen molar-refractivity contribution in [2.24, 2.45) is 0 Å². The van der Waals surface area contributed by atoms with E-state index < -0.39 is 0 Å². The lowest BCUT2D eigenvalue weighted by molar-refractivity contribution is 0.660. The van der Waals surface area contributed by atoms with Crippen molar-refractivity contribution in [2.45, 2.75) is 19.3 Å². The topological polar surface area (TPSA) is 29.5 Å². The fourth-order valence-corrected chi connectivity index (χ4v) is 11.3. The fraction of sp³-hybridized carbons (Fsp3) is 0.0545. The summed E-state index contributed by atoms with van der Waals surface area (Å²) in [6.45, 7) is 4.68. The van der Waals surface area contributed by atoms with Crippen LogP contribution in [0.2, 0.25) is 0 Å². The van der Waals surface area contributed by atoms with Crippen molar-refractivity contribution in [3.8, 4) is 22.3 Å². The van der Waals surface area contributed by atoms with Gasteiger partial charge in [-0.15, -0.1) is 11.3 Å². The normalized spacial score (nSPS) is 13.4. The molecule has 0 saturated carbocycles. The third-order valence-corrected chi connectivity index (χ3v) is 14.1. The molecule has 1 aliphatic rings. The second-order valence-corrected chi connectivity index (χ2v) is 17.4. The van der Waals surface area contributed by atoms with Gasteiger partial charge in [0, 0.05) is 63.9 Å². The summed E-state index contributed by atoms with van der Waals surface area (Å²) in [4.78, 5) is 2.36.